The number of pyridine rings is 2. The van der Waals surface area contributed by atoms with Crippen LogP contribution in [0.1, 0.15) is 33.5 Å². The van der Waals surface area contributed by atoms with Gasteiger partial charge in [0.05, 0.1) is 5.52 Å². The molecule has 0 aliphatic carbocycles. The third-order valence-electron chi connectivity index (χ3n) is 4.19. The van der Waals surface area contributed by atoms with Crippen LogP contribution in [0.25, 0.3) is 10.9 Å². The molecule has 3 rings (SSSR count). The van der Waals surface area contributed by atoms with Gasteiger partial charge in [-0.2, -0.15) is 0 Å². The fourth-order valence-electron chi connectivity index (χ4n) is 2.99. The third-order valence-corrected chi connectivity index (χ3v) is 4.19. The van der Waals surface area contributed by atoms with Gasteiger partial charge in [0.15, 0.2) is 0 Å². The van der Waals surface area contributed by atoms with Crippen molar-refractivity contribution in [2.75, 3.05) is 6.54 Å². The van der Waals surface area contributed by atoms with E-state index in [9.17, 15) is 9.59 Å². The van der Waals surface area contributed by atoms with E-state index in [4.69, 9.17) is 0 Å². The summed E-state index contributed by atoms with van der Waals surface area (Å²) in [7, 11) is 0. The first-order chi connectivity index (χ1) is 12.0. The van der Waals surface area contributed by atoms with Crippen LogP contribution in [-0.2, 0) is 6.42 Å². The lowest BCUT2D eigenvalue weighted by Gasteiger charge is -2.08. The average Bonchev–Trinajstić information content (AvgIpc) is 2.59. The summed E-state index contributed by atoms with van der Waals surface area (Å²) in [5, 5.41) is 3.70. The van der Waals surface area contributed by atoms with Crippen molar-refractivity contribution in [1.82, 2.24) is 15.3 Å². The number of hydrogen-bond donors (Lipinski definition) is 2. The molecule has 0 aliphatic rings. The summed E-state index contributed by atoms with van der Waals surface area (Å²) in [5.74, 6) is -0.339. The molecule has 0 saturated heterocycles. The number of fused-ring (bicyclic) bond motifs is 1. The Balaban J connectivity index is 1.69. The first-order valence-corrected chi connectivity index (χ1v) is 8.36. The fourth-order valence-corrected chi connectivity index (χ4v) is 2.99. The second-order valence-corrected chi connectivity index (χ2v) is 6.28. The number of nitrogens with zero attached hydrogens (tertiary/aromatic N) is 1. The maximum atomic E-state index is 12.3. The topological polar surface area (TPSA) is 74.8 Å². The summed E-state index contributed by atoms with van der Waals surface area (Å²) in [6.07, 6.45) is 5.18. The van der Waals surface area contributed by atoms with E-state index < -0.39 is 0 Å². The molecule has 0 bridgehead atoms. The minimum Gasteiger partial charge on any atom is -0.352 e. The highest BCUT2D eigenvalue weighted by atomic mass is 16.2. The SMILES string of the molecule is Cc1cc(C)c2[nH]c(=O)c(C(=O)NCCCc3cccnc3)cc2c1. The molecule has 1 amide bonds. The van der Waals surface area contributed by atoms with Gasteiger partial charge in [0.1, 0.15) is 5.56 Å². The van der Waals surface area contributed by atoms with Gasteiger partial charge < -0.3 is 10.3 Å². The van der Waals surface area contributed by atoms with Crippen molar-refractivity contribution >= 4 is 16.8 Å². The number of carbonyl (C=O) groups is 1. The predicted octanol–water partition coefficient (Wildman–Crippen LogP) is 2.90. The number of hydrogen-bond acceptors (Lipinski definition) is 3. The Hall–Kier alpha value is -2.95. The number of H-pyrrole nitrogens is 1. The first-order valence-electron chi connectivity index (χ1n) is 8.36. The molecule has 3 aromatic rings. The second kappa shape index (κ2) is 7.30. The molecule has 2 heterocycles. The van der Waals surface area contributed by atoms with E-state index >= 15 is 0 Å². The van der Waals surface area contributed by atoms with Crippen molar-refractivity contribution in [3.05, 3.63) is 75.3 Å². The normalized spacial score (nSPS) is 10.8. The largest absolute Gasteiger partial charge is 0.352 e. The molecule has 0 atom stereocenters. The number of aromatic nitrogens is 2. The van der Waals surface area contributed by atoms with Gasteiger partial charge in [-0.1, -0.05) is 17.7 Å². The molecule has 0 aliphatic heterocycles. The van der Waals surface area contributed by atoms with Crippen molar-refractivity contribution in [1.29, 1.82) is 0 Å². The van der Waals surface area contributed by atoms with Crippen LogP contribution in [-0.4, -0.2) is 22.4 Å². The Morgan fingerprint density at radius 2 is 2.08 bits per heavy atom. The Morgan fingerprint density at radius 1 is 1.24 bits per heavy atom. The Labute approximate surface area is 146 Å². The lowest BCUT2D eigenvalue weighted by Crippen LogP contribution is -2.30. The number of rotatable bonds is 5. The predicted molar refractivity (Wildman–Crippen MR) is 98.9 cm³/mol. The molecular formula is C20H21N3O2. The van der Waals surface area contributed by atoms with E-state index in [1.54, 1.807) is 12.3 Å². The Kier molecular flexibility index (Phi) is 4.93. The van der Waals surface area contributed by atoms with E-state index in [2.05, 4.69) is 15.3 Å². The van der Waals surface area contributed by atoms with Gasteiger partial charge in [-0.15, -0.1) is 0 Å². The van der Waals surface area contributed by atoms with E-state index in [-0.39, 0.29) is 17.0 Å². The second-order valence-electron chi connectivity index (χ2n) is 6.28. The Bertz CT molecular complexity index is 962. The highest BCUT2D eigenvalue weighted by molar-refractivity contribution is 5.97. The van der Waals surface area contributed by atoms with E-state index in [1.807, 2.05) is 44.3 Å². The molecule has 0 fully saturated rings. The maximum Gasteiger partial charge on any atom is 0.261 e. The number of carbonyl (C=O) groups excluding carboxylic acids is 1. The van der Waals surface area contributed by atoms with Gasteiger partial charge in [0.25, 0.3) is 11.5 Å². The summed E-state index contributed by atoms with van der Waals surface area (Å²) in [4.78, 5) is 31.5. The van der Waals surface area contributed by atoms with E-state index in [0.717, 1.165) is 40.4 Å². The van der Waals surface area contributed by atoms with Crippen LogP contribution in [0, 0.1) is 13.8 Å². The van der Waals surface area contributed by atoms with Crippen LogP contribution in [0.2, 0.25) is 0 Å². The molecular weight excluding hydrogens is 314 g/mol. The molecule has 5 heteroatoms. The number of nitrogens with one attached hydrogen (secondary N) is 2. The smallest absolute Gasteiger partial charge is 0.261 e. The average molecular weight is 335 g/mol. The Morgan fingerprint density at radius 3 is 2.84 bits per heavy atom. The van der Waals surface area contributed by atoms with Gasteiger partial charge >= 0.3 is 0 Å². The molecule has 0 radical (unpaired) electrons. The summed E-state index contributed by atoms with van der Waals surface area (Å²) < 4.78 is 0. The van der Waals surface area contributed by atoms with Gasteiger partial charge in [-0.25, -0.2) is 0 Å². The van der Waals surface area contributed by atoms with Crippen molar-refractivity contribution in [3.8, 4) is 0 Å². The molecule has 5 nitrogen and oxygen atoms in total. The molecule has 0 spiro atoms. The number of benzene rings is 1. The van der Waals surface area contributed by atoms with Gasteiger partial charge in [0.2, 0.25) is 0 Å². The van der Waals surface area contributed by atoms with Crippen LogP contribution in [0.15, 0.2) is 47.5 Å². The van der Waals surface area contributed by atoms with E-state index in [1.165, 1.54) is 0 Å². The minimum atomic E-state index is -0.357. The lowest BCUT2D eigenvalue weighted by molar-refractivity contribution is 0.0952. The fraction of sp³-hybridized carbons (Fsp3) is 0.250. The van der Waals surface area contributed by atoms with Crippen molar-refractivity contribution in [2.24, 2.45) is 0 Å². The number of aromatic amines is 1. The lowest BCUT2D eigenvalue weighted by atomic mass is 10.1. The molecule has 128 valence electrons. The zero-order chi connectivity index (χ0) is 17.8. The summed E-state index contributed by atoms with van der Waals surface area (Å²) in [6.45, 7) is 4.46. The molecule has 0 unspecified atom stereocenters. The van der Waals surface area contributed by atoms with Gasteiger partial charge in [-0.3, -0.25) is 14.6 Å². The summed E-state index contributed by atoms with van der Waals surface area (Å²) >= 11 is 0. The molecule has 0 saturated carbocycles. The molecule has 1 aromatic carbocycles. The molecule has 2 N–H and O–H groups in total. The van der Waals surface area contributed by atoms with Gasteiger partial charge in [-0.05, 0) is 61.4 Å². The third kappa shape index (κ3) is 3.94. The highest BCUT2D eigenvalue weighted by Gasteiger charge is 2.12. The number of amides is 1. The first kappa shape index (κ1) is 16.9. The van der Waals surface area contributed by atoms with Gasteiger partial charge in [0, 0.05) is 18.9 Å². The highest BCUT2D eigenvalue weighted by Crippen LogP contribution is 2.17. The van der Waals surface area contributed by atoms with Crippen LogP contribution in [0.3, 0.4) is 0 Å². The summed E-state index contributed by atoms with van der Waals surface area (Å²) in [6, 6.07) is 9.55. The standard InChI is InChI=1S/C20H21N3O2/c1-13-9-14(2)18-16(10-13)11-17(20(25)23-18)19(24)22-8-4-6-15-5-3-7-21-12-15/h3,5,7,9-12H,4,6,8H2,1-2H3,(H,22,24)(H,23,25). The molecule has 2 aromatic heterocycles. The van der Waals surface area contributed by atoms with Crippen LogP contribution < -0.4 is 10.9 Å². The van der Waals surface area contributed by atoms with Crippen LogP contribution in [0.5, 0.6) is 0 Å². The summed E-state index contributed by atoms with van der Waals surface area (Å²) in [5.41, 5.74) is 3.80. The van der Waals surface area contributed by atoms with Crippen molar-refractivity contribution < 1.29 is 4.79 Å². The van der Waals surface area contributed by atoms with Crippen molar-refractivity contribution in [3.63, 3.8) is 0 Å². The monoisotopic (exact) mass is 335 g/mol. The number of aryl methyl sites for hydroxylation is 3. The maximum absolute atomic E-state index is 12.3. The quantitative estimate of drug-likeness (QED) is 0.704. The van der Waals surface area contributed by atoms with Crippen LogP contribution in [0.4, 0.5) is 0 Å². The zero-order valence-corrected chi connectivity index (χ0v) is 14.4. The van der Waals surface area contributed by atoms with Crippen LogP contribution >= 0.6 is 0 Å². The van der Waals surface area contributed by atoms with Crippen molar-refractivity contribution in [2.45, 2.75) is 26.7 Å². The molecule has 25 heavy (non-hydrogen) atoms. The minimum absolute atomic E-state index is 0.152. The zero-order valence-electron chi connectivity index (χ0n) is 14.4. The van der Waals surface area contributed by atoms with E-state index in [0.29, 0.717) is 6.54 Å².